The van der Waals surface area contributed by atoms with Gasteiger partial charge < -0.3 is 15.1 Å². The molecule has 1 aliphatic heterocycles. The Morgan fingerprint density at radius 1 is 1.44 bits per heavy atom. The maximum Gasteiger partial charge on any atom is 0.225 e. The standard InChI is InChI=1S/C11H18N6.HI/c1-16(2)11-12-5-4-9(15-11)8-14-10-13-6-7-17(10)3;/h4-5H,6-8H2,1-3H3,(H,13,14);1H. The first-order chi connectivity index (χ1) is 8.16. The molecule has 7 heteroatoms. The van der Waals surface area contributed by atoms with E-state index in [0.717, 1.165) is 30.7 Å². The van der Waals surface area contributed by atoms with Crippen LogP contribution < -0.4 is 10.2 Å². The lowest BCUT2D eigenvalue weighted by Gasteiger charge is -2.15. The lowest BCUT2D eigenvalue weighted by Crippen LogP contribution is -2.35. The van der Waals surface area contributed by atoms with Crippen LogP contribution in [0.15, 0.2) is 17.3 Å². The number of anilines is 1. The Labute approximate surface area is 125 Å². The van der Waals surface area contributed by atoms with Gasteiger partial charge in [-0.15, -0.1) is 24.0 Å². The number of hydrogen-bond acceptors (Lipinski definition) is 6. The molecule has 0 fully saturated rings. The Morgan fingerprint density at radius 3 is 2.83 bits per heavy atom. The van der Waals surface area contributed by atoms with Gasteiger partial charge in [-0.3, -0.25) is 4.99 Å². The van der Waals surface area contributed by atoms with Crippen molar-refractivity contribution >= 4 is 35.9 Å². The minimum atomic E-state index is 0. The summed E-state index contributed by atoms with van der Waals surface area (Å²) < 4.78 is 0. The fourth-order valence-electron chi connectivity index (χ4n) is 1.59. The van der Waals surface area contributed by atoms with E-state index in [4.69, 9.17) is 0 Å². The van der Waals surface area contributed by atoms with Gasteiger partial charge in [0.05, 0.1) is 18.8 Å². The Balaban J connectivity index is 0.00000162. The van der Waals surface area contributed by atoms with Crippen molar-refractivity contribution in [3.05, 3.63) is 18.0 Å². The molecule has 0 unspecified atom stereocenters. The van der Waals surface area contributed by atoms with Crippen molar-refractivity contribution in [3.63, 3.8) is 0 Å². The second-order valence-corrected chi connectivity index (χ2v) is 4.22. The summed E-state index contributed by atoms with van der Waals surface area (Å²) in [4.78, 5) is 17.0. The van der Waals surface area contributed by atoms with Crippen LogP contribution >= 0.6 is 24.0 Å². The third-order valence-electron chi connectivity index (χ3n) is 2.59. The molecule has 0 atom stereocenters. The number of nitrogens with zero attached hydrogens (tertiary/aromatic N) is 5. The monoisotopic (exact) mass is 362 g/mol. The zero-order valence-corrected chi connectivity index (χ0v) is 13.3. The third-order valence-corrected chi connectivity index (χ3v) is 2.59. The molecule has 1 aliphatic rings. The van der Waals surface area contributed by atoms with Gasteiger partial charge in [-0.05, 0) is 6.07 Å². The van der Waals surface area contributed by atoms with Gasteiger partial charge in [0.25, 0.3) is 0 Å². The minimum absolute atomic E-state index is 0. The first kappa shape index (κ1) is 14.9. The van der Waals surface area contributed by atoms with Gasteiger partial charge in [0.1, 0.15) is 0 Å². The van der Waals surface area contributed by atoms with Crippen LogP contribution in [0.1, 0.15) is 5.69 Å². The number of aromatic nitrogens is 2. The Hall–Kier alpha value is -1.12. The van der Waals surface area contributed by atoms with Crippen molar-refractivity contribution in [2.24, 2.45) is 4.99 Å². The minimum Gasteiger partial charge on any atom is -0.351 e. The van der Waals surface area contributed by atoms with Crippen molar-refractivity contribution in [3.8, 4) is 0 Å². The van der Waals surface area contributed by atoms with Crippen LogP contribution in [-0.4, -0.2) is 55.1 Å². The zero-order chi connectivity index (χ0) is 12.3. The first-order valence-electron chi connectivity index (χ1n) is 5.65. The fraction of sp³-hybridized carbons (Fsp3) is 0.545. The van der Waals surface area contributed by atoms with E-state index in [-0.39, 0.29) is 24.0 Å². The van der Waals surface area contributed by atoms with Gasteiger partial charge in [-0.1, -0.05) is 0 Å². The van der Waals surface area contributed by atoms with E-state index in [2.05, 4.69) is 25.2 Å². The van der Waals surface area contributed by atoms with Crippen molar-refractivity contribution in [2.75, 3.05) is 39.1 Å². The average molecular weight is 362 g/mol. The highest BCUT2D eigenvalue weighted by Gasteiger charge is 2.11. The number of rotatable bonds is 3. The molecule has 1 aromatic rings. The summed E-state index contributed by atoms with van der Waals surface area (Å²) in [7, 11) is 5.90. The molecule has 2 heterocycles. The Kier molecular flexibility index (Phi) is 5.57. The molecule has 0 aliphatic carbocycles. The molecule has 0 spiro atoms. The summed E-state index contributed by atoms with van der Waals surface area (Å²) in [6, 6.07) is 1.91. The van der Waals surface area contributed by atoms with Crippen LogP contribution in [0.3, 0.4) is 0 Å². The van der Waals surface area contributed by atoms with Gasteiger partial charge in [0.2, 0.25) is 5.95 Å². The van der Waals surface area contributed by atoms with E-state index in [1.165, 1.54) is 0 Å². The summed E-state index contributed by atoms with van der Waals surface area (Å²) in [5.41, 5.74) is 0.965. The molecule has 2 rings (SSSR count). The maximum atomic E-state index is 4.44. The molecule has 1 aromatic heterocycles. The highest BCUT2D eigenvalue weighted by molar-refractivity contribution is 14.0. The highest BCUT2D eigenvalue weighted by atomic mass is 127. The number of likely N-dealkylation sites (N-methyl/N-ethyl adjacent to an activating group) is 1. The zero-order valence-electron chi connectivity index (χ0n) is 10.9. The van der Waals surface area contributed by atoms with E-state index >= 15 is 0 Å². The van der Waals surface area contributed by atoms with Crippen molar-refractivity contribution < 1.29 is 0 Å². The quantitative estimate of drug-likeness (QED) is 0.797. The molecule has 1 N–H and O–H groups in total. The molecule has 0 aromatic carbocycles. The van der Waals surface area contributed by atoms with Gasteiger partial charge in [-0.2, -0.15) is 0 Å². The number of hydrogen-bond donors (Lipinski definition) is 1. The van der Waals surface area contributed by atoms with Crippen molar-refractivity contribution in [1.29, 1.82) is 0 Å². The molecule has 100 valence electrons. The smallest absolute Gasteiger partial charge is 0.225 e. The lowest BCUT2D eigenvalue weighted by molar-refractivity contribution is 0.533. The molecule has 0 amide bonds. The van der Waals surface area contributed by atoms with Gasteiger partial charge >= 0.3 is 0 Å². The predicted octanol–water partition coefficient (Wildman–Crippen LogP) is 0.552. The van der Waals surface area contributed by atoms with Crippen molar-refractivity contribution in [1.82, 2.24) is 20.2 Å². The summed E-state index contributed by atoms with van der Waals surface area (Å²) in [5.74, 6) is 1.67. The highest BCUT2D eigenvalue weighted by Crippen LogP contribution is 2.04. The van der Waals surface area contributed by atoms with Crippen LogP contribution in [-0.2, 0) is 6.54 Å². The van der Waals surface area contributed by atoms with E-state index in [1.807, 2.05) is 32.1 Å². The topological polar surface area (TPSA) is 56.6 Å². The van der Waals surface area contributed by atoms with E-state index in [0.29, 0.717) is 6.54 Å². The van der Waals surface area contributed by atoms with Crippen LogP contribution in [0.25, 0.3) is 0 Å². The van der Waals surface area contributed by atoms with Gasteiger partial charge in [-0.25, -0.2) is 9.97 Å². The second kappa shape index (κ2) is 6.72. The molecule has 0 saturated heterocycles. The van der Waals surface area contributed by atoms with Crippen LogP contribution in [0.2, 0.25) is 0 Å². The first-order valence-corrected chi connectivity index (χ1v) is 5.65. The van der Waals surface area contributed by atoms with Crippen LogP contribution in [0, 0.1) is 0 Å². The summed E-state index contributed by atoms with van der Waals surface area (Å²) >= 11 is 0. The summed E-state index contributed by atoms with van der Waals surface area (Å²) in [6.45, 7) is 2.52. The SMILES string of the molecule is CN1CCN=C1NCc1ccnc(N(C)C)n1.I. The molecular formula is C11H19IN6. The summed E-state index contributed by atoms with van der Waals surface area (Å²) in [6.07, 6.45) is 1.78. The van der Waals surface area contributed by atoms with Gasteiger partial charge in [0.15, 0.2) is 5.96 Å². The van der Waals surface area contributed by atoms with Crippen LogP contribution in [0.5, 0.6) is 0 Å². The molecular weight excluding hydrogens is 343 g/mol. The fourth-order valence-corrected chi connectivity index (χ4v) is 1.59. The van der Waals surface area contributed by atoms with Gasteiger partial charge in [0, 0.05) is 33.9 Å². The maximum absolute atomic E-state index is 4.44. The lowest BCUT2D eigenvalue weighted by atomic mass is 10.4. The molecule has 6 nitrogen and oxygen atoms in total. The van der Waals surface area contributed by atoms with Crippen molar-refractivity contribution in [2.45, 2.75) is 6.54 Å². The predicted molar refractivity (Wildman–Crippen MR) is 83.5 cm³/mol. The number of aliphatic imine (C=N–C) groups is 1. The largest absolute Gasteiger partial charge is 0.351 e. The molecule has 0 saturated carbocycles. The Morgan fingerprint density at radius 2 is 2.22 bits per heavy atom. The normalized spacial score (nSPS) is 13.9. The number of halogens is 1. The second-order valence-electron chi connectivity index (χ2n) is 4.22. The van der Waals surface area contributed by atoms with E-state index in [1.54, 1.807) is 6.20 Å². The molecule has 0 radical (unpaired) electrons. The molecule has 0 bridgehead atoms. The Bertz CT molecular complexity index is 420. The third kappa shape index (κ3) is 3.69. The van der Waals surface area contributed by atoms with E-state index < -0.39 is 0 Å². The molecule has 18 heavy (non-hydrogen) atoms. The number of nitrogens with one attached hydrogen (secondary N) is 1. The number of guanidine groups is 1. The van der Waals surface area contributed by atoms with Crippen LogP contribution in [0.4, 0.5) is 5.95 Å². The summed E-state index contributed by atoms with van der Waals surface area (Å²) in [5, 5.41) is 3.28. The average Bonchev–Trinajstić information content (AvgIpc) is 2.72. The van der Waals surface area contributed by atoms with E-state index in [9.17, 15) is 0 Å².